The van der Waals surface area contributed by atoms with Crippen LogP contribution in [0, 0.1) is 0 Å². The van der Waals surface area contributed by atoms with E-state index in [1.165, 1.54) is 0 Å². The lowest BCUT2D eigenvalue weighted by Crippen LogP contribution is -2.42. The maximum Gasteiger partial charge on any atom is 0.243 e. The van der Waals surface area contributed by atoms with Gasteiger partial charge in [0.1, 0.15) is 5.38 Å². The molecular formula is C12H14BrCl2NO. The maximum atomic E-state index is 11.9. The quantitative estimate of drug-likeness (QED) is 0.800. The molecule has 1 rings (SSSR count). The first kappa shape index (κ1) is 14.8. The Hall–Kier alpha value is -0.250. The van der Waals surface area contributed by atoms with Crippen LogP contribution < -0.4 is 5.32 Å². The fraction of sp³-hybridized carbons (Fsp3) is 0.417. The van der Waals surface area contributed by atoms with Crippen molar-refractivity contribution in [1.29, 1.82) is 0 Å². The van der Waals surface area contributed by atoms with Gasteiger partial charge in [0.15, 0.2) is 0 Å². The topological polar surface area (TPSA) is 29.1 Å². The van der Waals surface area contributed by atoms with Crippen molar-refractivity contribution in [2.75, 3.05) is 0 Å². The zero-order chi connectivity index (χ0) is 13.2. The number of alkyl halides is 1. The van der Waals surface area contributed by atoms with Crippen LogP contribution in [0.2, 0.25) is 5.02 Å². The molecule has 0 saturated heterocycles. The number of halogens is 3. The molecule has 1 aromatic rings. The second-order valence-electron chi connectivity index (χ2n) is 4.78. The highest BCUT2D eigenvalue weighted by molar-refractivity contribution is 9.10. The zero-order valence-corrected chi connectivity index (χ0v) is 12.9. The Morgan fingerprint density at radius 1 is 1.41 bits per heavy atom. The van der Waals surface area contributed by atoms with Crippen molar-refractivity contribution in [3.05, 3.63) is 33.3 Å². The lowest BCUT2D eigenvalue weighted by molar-refractivity contribution is -0.122. The van der Waals surface area contributed by atoms with Gasteiger partial charge in [-0.2, -0.15) is 0 Å². The van der Waals surface area contributed by atoms with Crippen LogP contribution in [-0.2, 0) is 4.79 Å². The normalized spacial score (nSPS) is 13.3. The van der Waals surface area contributed by atoms with Crippen molar-refractivity contribution in [3.8, 4) is 0 Å². The first-order valence-electron chi connectivity index (χ1n) is 5.12. The molecule has 17 heavy (non-hydrogen) atoms. The molecule has 0 radical (unpaired) electrons. The van der Waals surface area contributed by atoms with Crippen molar-refractivity contribution >= 4 is 45.0 Å². The molecule has 0 heterocycles. The van der Waals surface area contributed by atoms with Crippen molar-refractivity contribution in [3.63, 3.8) is 0 Å². The molecule has 1 amide bonds. The average molecular weight is 339 g/mol. The van der Waals surface area contributed by atoms with Crippen LogP contribution in [0.1, 0.15) is 31.7 Å². The summed E-state index contributed by atoms with van der Waals surface area (Å²) in [5.74, 6) is -0.224. The van der Waals surface area contributed by atoms with Crippen molar-refractivity contribution < 1.29 is 4.79 Å². The van der Waals surface area contributed by atoms with Crippen LogP contribution in [0.4, 0.5) is 0 Å². The molecule has 1 unspecified atom stereocenters. The molecule has 1 aromatic carbocycles. The molecule has 2 nitrogen and oxygen atoms in total. The van der Waals surface area contributed by atoms with E-state index < -0.39 is 5.38 Å². The monoisotopic (exact) mass is 337 g/mol. The third-order valence-corrected chi connectivity index (χ3v) is 3.65. The molecule has 0 aliphatic rings. The molecular weight excluding hydrogens is 325 g/mol. The molecule has 0 bridgehead atoms. The fourth-order valence-corrected chi connectivity index (χ4v) is 1.88. The fourth-order valence-electron chi connectivity index (χ4n) is 1.25. The van der Waals surface area contributed by atoms with Crippen LogP contribution >= 0.6 is 39.1 Å². The van der Waals surface area contributed by atoms with Gasteiger partial charge < -0.3 is 5.32 Å². The zero-order valence-electron chi connectivity index (χ0n) is 9.85. The predicted octanol–water partition coefficient (Wildman–Crippen LogP) is 4.30. The molecule has 1 atom stereocenters. The Kier molecular flexibility index (Phi) is 4.87. The van der Waals surface area contributed by atoms with E-state index >= 15 is 0 Å². The number of carbonyl (C=O) groups excluding carboxylic acids is 1. The van der Waals surface area contributed by atoms with Crippen LogP contribution in [0.3, 0.4) is 0 Å². The Morgan fingerprint density at radius 3 is 2.47 bits per heavy atom. The van der Waals surface area contributed by atoms with Crippen molar-refractivity contribution in [1.82, 2.24) is 5.32 Å². The summed E-state index contributed by atoms with van der Waals surface area (Å²) in [6, 6.07) is 5.23. The number of nitrogens with one attached hydrogen (secondary N) is 1. The van der Waals surface area contributed by atoms with Gasteiger partial charge in [-0.3, -0.25) is 4.79 Å². The third kappa shape index (κ3) is 4.49. The van der Waals surface area contributed by atoms with E-state index in [0.29, 0.717) is 10.6 Å². The Balaban J connectivity index is 2.85. The number of carbonyl (C=O) groups is 1. The van der Waals surface area contributed by atoms with E-state index in [1.54, 1.807) is 18.2 Å². The minimum atomic E-state index is -0.736. The smallest absolute Gasteiger partial charge is 0.243 e. The molecule has 0 fully saturated rings. The van der Waals surface area contributed by atoms with Crippen LogP contribution in [0.15, 0.2) is 22.7 Å². The summed E-state index contributed by atoms with van der Waals surface area (Å²) in [6.45, 7) is 5.72. The average Bonchev–Trinajstić information content (AvgIpc) is 2.18. The third-order valence-electron chi connectivity index (χ3n) is 1.96. The summed E-state index contributed by atoms with van der Waals surface area (Å²) in [4.78, 5) is 11.9. The van der Waals surface area contributed by atoms with Gasteiger partial charge >= 0.3 is 0 Å². The molecule has 94 valence electrons. The summed E-state index contributed by atoms with van der Waals surface area (Å²) >= 11 is 15.3. The van der Waals surface area contributed by atoms with Crippen LogP contribution in [0.5, 0.6) is 0 Å². The van der Waals surface area contributed by atoms with Crippen LogP contribution in [0.25, 0.3) is 0 Å². The van der Waals surface area contributed by atoms with E-state index in [4.69, 9.17) is 23.2 Å². The van der Waals surface area contributed by atoms with Gasteiger partial charge in [0.25, 0.3) is 0 Å². The molecule has 0 saturated carbocycles. The van der Waals surface area contributed by atoms with Crippen molar-refractivity contribution in [2.24, 2.45) is 0 Å². The molecule has 0 aliphatic heterocycles. The van der Waals surface area contributed by atoms with Gasteiger partial charge in [-0.1, -0.05) is 17.7 Å². The predicted molar refractivity (Wildman–Crippen MR) is 75.6 cm³/mol. The van der Waals surface area contributed by atoms with Crippen molar-refractivity contribution in [2.45, 2.75) is 31.7 Å². The minimum Gasteiger partial charge on any atom is -0.350 e. The first-order valence-corrected chi connectivity index (χ1v) is 6.72. The van der Waals surface area contributed by atoms with Crippen LogP contribution in [-0.4, -0.2) is 11.4 Å². The lowest BCUT2D eigenvalue weighted by atomic mass is 10.1. The number of hydrogen-bond donors (Lipinski definition) is 1. The first-order chi connectivity index (χ1) is 7.70. The molecule has 0 aromatic heterocycles. The molecule has 0 aliphatic carbocycles. The second kappa shape index (κ2) is 5.59. The Bertz CT molecular complexity index is 429. The molecule has 1 N–H and O–H groups in total. The standard InChI is InChI=1S/C12H14BrCl2NO/c1-12(2,3)16-11(17)10(15)7-4-5-8(13)9(14)6-7/h4-6,10H,1-3H3,(H,16,17). The molecule has 5 heteroatoms. The summed E-state index contributed by atoms with van der Waals surface area (Å²) in [5.41, 5.74) is 0.380. The van der Waals surface area contributed by atoms with Gasteiger partial charge in [-0.15, -0.1) is 11.6 Å². The number of amides is 1. The minimum absolute atomic E-state index is 0.224. The summed E-state index contributed by atoms with van der Waals surface area (Å²) in [5, 5.41) is 2.63. The Morgan fingerprint density at radius 2 is 2.00 bits per heavy atom. The highest BCUT2D eigenvalue weighted by Gasteiger charge is 2.22. The van der Waals surface area contributed by atoms with E-state index in [-0.39, 0.29) is 11.4 Å². The Labute approximate surface area is 120 Å². The van der Waals surface area contributed by atoms with Gasteiger partial charge in [0, 0.05) is 10.0 Å². The lowest BCUT2D eigenvalue weighted by Gasteiger charge is -2.22. The summed E-state index contributed by atoms with van der Waals surface area (Å²) < 4.78 is 0.781. The van der Waals surface area contributed by atoms with E-state index in [2.05, 4.69) is 21.2 Å². The van der Waals surface area contributed by atoms with E-state index in [1.807, 2.05) is 20.8 Å². The second-order valence-corrected chi connectivity index (χ2v) is 6.47. The highest BCUT2D eigenvalue weighted by atomic mass is 79.9. The number of hydrogen-bond acceptors (Lipinski definition) is 1. The molecule has 0 spiro atoms. The summed E-state index contributed by atoms with van der Waals surface area (Å²) in [6.07, 6.45) is 0. The van der Waals surface area contributed by atoms with Gasteiger partial charge in [-0.25, -0.2) is 0 Å². The van der Waals surface area contributed by atoms with Gasteiger partial charge in [0.2, 0.25) is 5.91 Å². The van der Waals surface area contributed by atoms with E-state index in [0.717, 1.165) is 4.47 Å². The summed E-state index contributed by atoms with van der Waals surface area (Å²) in [7, 11) is 0. The number of benzene rings is 1. The van der Waals surface area contributed by atoms with Gasteiger partial charge in [0.05, 0.1) is 5.02 Å². The van der Waals surface area contributed by atoms with Gasteiger partial charge in [-0.05, 0) is 54.4 Å². The maximum absolute atomic E-state index is 11.9. The SMILES string of the molecule is CC(C)(C)NC(=O)C(Cl)c1ccc(Br)c(Cl)c1. The number of rotatable bonds is 2. The largest absolute Gasteiger partial charge is 0.350 e. The highest BCUT2D eigenvalue weighted by Crippen LogP contribution is 2.29. The van der Waals surface area contributed by atoms with E-state index in [9.17, 15) is 4.79 Å².